The lowest BCUT2D eigenvalue weighted by molar-refractivity contribution is 0.0416. The zero-order chi connectivity index (χ0) is 15.0. The van der Waals surface area contributed by atoms with E-state index in [1.807, 2.05) is 0 Å². The van der Waals surface area contributed by atoms with Crippen LogP contribution in [-0.4, -0.2) is 22.6 Å². The zero-order valence-electron chi connectivity index (χ0n) is 11.0. The highest BCUT2D eigenvalue weighted by Gasteiger charge is 2.35. The van der Waals surface area contributed by atoms with Gasteiger partial charge in [0.15, 0.2) is 5.78 Å². The number of rotatable bonds is 2. The third-order valence-corrected chi connectivity index (χ3v) is 3.83. The van der Waals surface area contributed by atoms with Gasteiger partial charge < -0.3 is 14.9 Å². The number of ether oxygens (including phenoxy) is 1. The first-order valence-electron chi connectivity index (χ1n) is 6.50. The Balaban J connectivity index is 1.90. The number of aromatic hydroxyl groups is 1. The molecule has 0 fully saturated rings. The molecule has 2 aromatic carbocycles. The summed E-state index contributed by atoms with van der Waals surface area (Å²) in [5.41, 5.74) is 0.893. The number of phenols is 1. The van der Waals surface area contributed by atoms with Crippen molar-refractivity contribution < 1.29 is 19.7 Å². The van der Waals surface area contributed by atoms with Crippen molar-refractivity contribution in [3.05, 3.63) is 58.6 Å². The lowest BCUT2D eigenvalue weighted by atomic mass is 9.87. The first-order valence-corrected chi connectivity index (χ1v) is 6.87. The van der Waals surface area contributed by atoms with Crippen LogP contribution >= 0.6 is 11.6 Å². The summed E-state index contributed by atoms with van der Waals surface area (Å²) in [5.74, 6) is -0.412. The standard InChI is InChI=1S/C16H13ClO4/c17-10-3-1-9(2-4-10)15(19)13-8-21-14-6-5-11(18)7-12(14)16(13)20/h1-7,13,16,18,20H,8H2. The molecule has 108 valence electrons. The topological polar surface area (TPSA) is 66.8 Å². The Hall–Kier alpha value is -2.04. The van der Waals surface area contributed by atoms with Crippen LogP contribution in [0.5, 0.6) is 11.5 Å². The molecule has 5 heteroatoms. The van der Waals surface area contributed by atoms with Crippen LogP contribution in [0.15, 0.2) is 42.5 Å². The fourth-order valence-corrected chi connectivity index (χ4v) is 2.56. The Bertz CT molecular complexity index is 681. The molecule has 0 radical (unpaired) electrons. The summed E-state index contributed by atoms with van der Waals surface area (Å²) in [5, 5.41) is 20.4. The molecular formula is C16H13ClO4. The largest absolute Gasteiger partial charge is 0.508 e. The first kappa shape index (κ1) is 13.9. The predicted octanol–water partition coefficient (Wildman–Crippen LogP) is 2.97. The van der Waals surface area contributed by atoms with Crippen molar-refractivity contribution in [1.82, 2.24) is 0 Å². The number of carbonyl (C=O) groups is 1. The van der Waals surface area contributed by atoms with E-state index in [2.05, 4.69) is 0 Å². The van der Waals surface area contributed by atoms with E-state index in [1.165, 1.54) is 12.1 Å². The number of phenolic OH excluding ortho intramolecular Hbond substituents is 1. The number of hydrogen-bond donors (Lipinski definition) is 2. The van der Waals surface area contributed by atoms with Crippen LogP contribution < -0.4 is 4.74 Å². The van der Waals surface area contributed by atoms with Crippen LogP contribution in [0.1, 0.15) is 22.0 Å². The molecule has 1 heterocycles. The van der Waals surface area contributed by atoms with Crippen LogP contribution in [0.2, 0.25) is 5.02 Å². The number of aliphatic hydroxyl groups is 1. The molecule has 0 spiro atoms. The van der Waals surface area contributed by atoms with Crippen LogP contribution in [0.3, 0.4) is 0 Å². The lowest BCUT2D eigenvalue weighted by Crippen LogP contribution is -2.32. The molecule has 0 bridgehead atoms. The van der Waals surface area contributed by atoms with E-state index in [9.17, 15) is 15.0 Å². The highest BCUT2D eigenvalue weighted by Crippen LogP contribution is 2.38. The lowest BCUT2D eigenvalue weighted by Gasteiger charge is -2.29. The minimum absolute atomic E-state index is 0.0241. The molecular weight excluding hydrogens is 292 g/mol. The molecule has 0 aliphatic carbocycles. The summed E-state index contributed by atoms with van der Waals surface area (Å²) < 4.78 is 5.51. The van der Waals surface area contributed by atoms with E-state index >= 15 is 0 Å². The van der Waals surface area contributed by atoms with Crippen molar-refractivity contribution in [3.8, 4) is 11.5 Å². The number of fused-ring (bicyclic) bond motifs is 1. The molecule has 2 unspecified atom stereocenters. The molecule has 1 aliphatic rings. The van der Waals surface area contributed by atoms with Gasteiger partial charge >= 0.3 is 0 Å². The van der Waals surface area contributed by atoms with Crippen molar-refractivity contribution in [2.24, 2.45) is 5.92 Å². The maximum absolute atomic E-state index is 12.5. The van der Waals surface area contributed by atoms with Crippen LogP contribution in [0, 0.1) is 5.92 Å². The maximum atomic E-state index is 12.5. The number of Topliss-reactive ketones (excluding diaryl/α,β-unsaturated/α-hetero) is 1. The molecule has 0 aromatic heterocycles. The summed E-state index contributed by atoms with van der Waals surface area (Å²) in [6.45, 7) is 0.0976. The summed E-state index contributed by atoms with van der Waals surface area (Å²) in [7, 11) is 0. The third kappa shape index (κ3) is 2.60. The van der Waals surface area contributed by atoms with Gasteiger partial charge in [-0.3, -0.25) is 4.79 Å². The van der Waals surface area contributed by atoms with Gasteiger partial charge in [-0.15, -0.1) is 0 Å². The second-order valence-corrected chi connectivity index (χ2v) is 5.39. The van der Waals surface area contributed by atoms with E-state index in [4.69, 9.17) is 16.3 Å². The molecule has 4 nitrogen and oxygen atoms in total. The van der Waals surface area contributed by atoms with Gasteiger partial charge in [0.25, 0.3) is 0 Å². The van der Waals surface area contributed by atoms with Crippen molar-refractivity contribution in [1.29, 1.82) is 0 Å². The molecule has 2 aromatic rings. The third-order valence-electron chi connectivity index (χ3n) is 3.58. The number of aliphatic hydroxyl groups excluding tert-OH is 1. The van der Waals surface area contributed by atoms with Crippen LogP contribution in [0.4, 0.5) is 0 Å². The van der Waals surface area contributed by atoms with Crippen molar-refractivity contribution in [2.75, 3.05) is 6.61 Å². The van der Waals surface area contributed by atoms with Gasteiger partial charge in [0.2, 0.25) is 0 Å². The van der Waals surface area contributed by atoms with E-state index in [0.717, 1.165) is 0 Å². The summed E-state index contributed by atoms with van der Waals surface area (Å²) in [4.78, 5) is 12.5. The Morgan fingerprint density at radius 2 is 1.90 bits per heavy atom. The van der Waals surface area contributed by atoms with Gasteiger partial charge in [-0.2, -0.15) is 0 Å². The average molecular weight is 305 g/mol. The fraction of sp³-hybridized carbons (Fsp3) is 0.188. The maximum Gasteiger partial charge on any atom is 0.172 e. The van der Waals surface area contributed by atoms with Crippen molar-refractivity contribution in [3.63, 3.8) is 0 Å². The second kappa shape index (κ2) is 5.39. The molecule has 21 heavy (non-hydrogen) atoms. The normalized spacial score (nSPS) is 20.5. The number of ketones is 1. The van der Waals surface area contributed by atoms with Gasteiger partial charge in [0.05, 0.1) is 12.0 Å². The minimum Gasteiger partial charge on any atom is -0.508 e. The van der Waals surface area contributed by atoms with Gasteiger partial charge in [-0.1, -0.05) is 11.6 Å². The number of benzene rings is 2. The molecule has 0 saturated carbocycles. The van der Waals surface area contributed by atoms with Crippen LogP contribution in [-0.2, 0) is 0 Å². The molecule has 2 N–H and O–H groups in total. The van der Waals surface area contributed by atoms with Gasteiger partial charge in [0.1, 0.15) is 18.1 Å². The first-order chi connectivity index (χ1) is 10.1. The molecule has 2 atom stereocenters. The Morgan fingerprint density at radius 1 is 1.19 bits per heavy atom. The highest BCUT2D eigenvalue weighted by atomic mass is 35.5. The fourth-order valence-electron chi connectivity index (χ4n) is 2.43. The summed E-state index contributed by atoms with van der Waals surface area (Å²) in [6.07, 6.45) is -1.01. The van der Waals surface area contributed by atoms with E-state index in [0.29, 0.717) is 21.9 Å². The van der Waals surface area contributed by atoms with Gasteiger partial charge in [-0.25, -0.2) is 0 Å². The summed E-state index contributed by atoms with van der Waals surface area (Å²) in [6, 6.07) is 11.0. The van der Waals surface area contributed by atoms with E-state index < -0.39 is 12.0 Å². The minimum atomic E-state index is -1.01. The van der Waals surface area contributed by atoms with Crippen LogP contribution in [0.25, 0.3) is 0 Å². The van der Waals surface area contributed by atoms with Crippen molar-refractivity contribution >= 4 is 17.4 Å². The number of halogens is 1. The smallest absolute Gasteiger partial charge is 0.172 e. The second-order valence-electron chi connectivity index (χ2n) is 4.96. The average Bonchev–Trinajstić information content (AvgIpc) is 2.48. The van der Waals surface area contributed by atoms with Crippen molar-refractivity contribution in [2.45, 2.75) is 6.10 Å². The zero-order valence-corrected chi connectivity index (χ0v) is 11.7. The number of hydrogen-bond acceptors (Lipinski definition) is 4. The van der Waals surface area contributed by atoms with Gasteiger partial charge in [-0.05, 0) is 42.5 Å². The molecule has 0 saturated heterocycles. The molecule has 3 rings (SSSR count). The Kier molecular flexibility index (Phi) is 3.57. The quantitative estimate of drug-likeness (QED) is 0.837. The summed E-state index contributed by atoms with van der Waals surface area (Å²) >= 11 is 5.80. The SMILES string of the molecule is O=C(c1ccc(Cl)cc1)C1COc2ccc(O)cc2C1O. The highest BCUT2D eigenvalue weighted by molar-refractivity contribution is 6.30. The Labute approximate surface area is 126 Å². The predicted molar refractivity (Wildman–Crippen MR) is 77.8 cm³/mol. The molecule has 1 aliphatic heterocycles. The number of carbonyl (C=O) groups excluding carboxylic acids is 1. The Morgan fingerprint density at radius 3 is 2.62 bits per heavy atom. The molecule has 0 amide bonds. The monoisotopic (exact) mass is 304 g/mol. The van der Waals surface area contributed by atoms with E-state index in [1.54, 1.807) is 30.3 Å². The van der Waals surface area contributed by atoms with E-state index in [-0.39, 0.29) is 18.1 Å². The van der Waals surface area contributed by atoms with Gasteiger partial charge in [0, 0.05) is 16.1 Å².